The van der Waals surface area contributed by atoms with Gasteiger partial charge in [-0.15, -0.1) is 0 Å². The minimum Gasteiger partial charge on any atom is -0.481 e. The third-order valence-electron chi connectivity index (χ3n) is 9.27. The second-order valence-corrected chi connectivity index (χ2v) is 10.7. The molecule has 0 amide bonds. The summed E-state index contributed by atoms with van der Waals surface area (Å²) in [4.78, 5) is 47.3. The number of hydrogen-bond donors (Lipinski definition) is 1. The number of rotatable bonds is 6. The van der Waals surface area contributed by atoms with Gasteiger partial charge in [-0.05, 0) is 79.6 Å². The molecule has 0 aliphatic heterocycles. The molecule has 0 heterocycles. The maximum atomic E-state index is 13.0. The van der Waals surface area contributed by atoms with Crippen LogP contribution < -0.4 is 0 Å². The van der Waals surface area contributed by atoms with Gasteiger partial charge in [0.1, 0.15) is 6.61 Å². The average molecular weight is 431 g/mol. The van der Waals surface area contributed by atoms with Gasteiger partial charge in [0.05, 0.1) is 12.8 Å². The Kier molecular flexibility index (Phi) is 5.86. The van der Waals surface area contributed by atoms with Crippen molar-refractivity contribution in [2.45, 2.75) is 78.1 Å². The van der Waals surface area contributed by atoms with E-state index in [2.05, 4.69) is 13.8 Å². The maximum Gasteiger partial charge on any atom is 0.306 e. The molecule has 6 atom stereocenters. The summed E-state index contributed by atoms with van der Waals surface area (Å²) < 4.78 is 5.10. The fourth-order valence-electron chi connectivity index (χ4n) is 7.62. The molecule has 6 nitrogen and oxygen atoms in total. The summed E-state index contributed by atoms with van der Waals surface area (Å²) in [6, 6.07) is 0. The van der Waals surface area contributed by atoms with Crippen LogP contribution in [0.15, 0.2) is 11.6 Å². The Morgan fingerprint density at radius 1 is 1.03 bits per heavy atom. The Morgan fingerprint density at radius 3 is 2.55 bits per heavy atom. The van der Waals surface area contributed by atoms with Crippen molar-refractivity contribution in [1.82, 2.24) is 0 Å². The van der Waals surface area contributed by atoms with Crippen LogP contribution in [0.2, 0.25) is 0 Å². The van der Waals surface area contributed by atoms with Crippen LogP contribution in [0, 0.1) is 34.5 Å². The molecule has 1 N–H and O–H groups in total. The summed E-state index contributed by atoms with van der Waals surface area (Å²) in [5.74, 6) is 0.168. The van der Waals surface area contributed by atoms with Crippen LogP contribution in [0.1, 0.15) is 78.1 Å². The van der Waals surface area contributed by atoms with E-state index in [1.807, 2.05) is 6.08 Å². The van der Waals surface area contributed by atoms with E-state index in [1.165, 1.54) is 5.57 Å². The molecular weight excluding hydrogens is 396 g/mol. The molecule has 31 heavy (non-hydrogen) atoms. The number of allylic oxidation sites excluding steroid dienone is 1. The van der Waals surface area contributed by atoms with E-state index >= 15 is 0 Å². The Balaban J connectivity index is 1.43. The fourth-order valence-corrected chi connectivity index (χ4v) is 7.62. The third kappa shape index (κ3) is 3.87. The molecule has 0 radical (unpaired) electrons. The Bertz CT molecular complexity index is 828. The summed E-state index contributed by atoms with van der Waals surface area (Å²) >= 11 is 0. The molecule has 4 rings (SSSR count). The molecule has 4 aliphatic carbocycles. The van der Waals surface area contributed by atoms with Gasteiger partial charge >= 0.3 is 11.9 Å². The Hall–Kier alpha value is -1.98. The molecule has 0 aromatic carbocycles. The van der Waals surface area contributed by atoms with Crippen molar-refractivity contribution in [2.75, 3.05) is 6.61 Å². The summed E-state index contributed by atoms with van der Waals surface area (Å²) in [5, 5.41) is 8.68. The number of aliphatic carboxylic acids is 1. The minimum atomic E-state index is -1.05. The first kappa shape index (κ1) is 22.2. The number of hydrogen-bond acceptors (Lipinski definition) is 5. The smallest absolute Gasteiger partial charge is 0.306 e. The zero-order valence-electron chi connectivity index (χ0n) is 18.7. The van der Waals surface area contributed by atoms with E-state index in [1.54, 1.807) is 0 Å². The van der Waals surface area contributed by atoms with E-state index in [0.717, 1.165) is 44.9 Å². The van der Waals surface area contributed by atoms with Gasteiger partial charge in [0.25, 0.3) is 0 Å². The minimum absolute atomic E-state index is 0.0157. The van der Waals surface area contributed by atoms with Gasteiger partial charge in [-0.2, -0.15) is 0 Å². The van der Waals surface area contributed by atoms with E-state index in [-0.39, 0.29) is 47.8 Å². The van der Waals surface area contributed by atoms with E-state index in [4.69, 9.17) is 9.84 Å². The number of ketones is 2. The molecule has 0 aromatic rings. The van der Waals surface area contributed by atoms with Crippen LogP contribution in [-0.2, 0) is 23.9 Å². The largest absolute Gasteiger partial charge is 0.481 e. The number of carboxylic acids is 1. The highest BCUT2D eigenvalue weighted by molar-refractivity contribution is 5.91. The second-order valence-electron chi connectivity index (χ2n) is 10.7. The lowest BCUT2D eigenvalue weighted by Crippen LogP contribution is -2.51. The van der Waals surface area contributed by atoms with Gasteiger partial charge < -0.3 is 9.84 Å². The fraction of sp³-hybridized carbons (Fsp3) is 0.760. The predicted molar refractivity (Wildman–Crippen MR) is 113 cm³/mol. The van der Waals surface area contributed by atoms with Crippen molar-refractivity contribution in [1.29, 1.82) is 0 Å². The molecule has 0 spiro atoms. The van der Waals surface area contributed by atoms with Crippen LogP contribution in [0.5, 0.6) is 0 Å². The number of carbonyl (C=O) groups excluding carboxylic acids is 3. The zero-order chi connectivity index (χ0) is 22.4. The lowest BCUT2D eigenvalue weighted by Gasteiger charge is -2.58. The first-order valence-electron chi connectivity index (χ1n) is 11.8. The second kappa shape index (κ2) is 8.18. The molecule has 170 valence electrons. The normalized spacial score (nSPS) is 39.0. The van der Waals surface area contributed by atoms with Crippen molar-refractivity contribution in [3.63, 3.8) is 0 Å². The van der Waals surface area contributed by atoms with Gasteiger partial charge in [0.2, 0.25) is 0 Å². The van der Waals surface area contributed by atoms with Crippen LogP contribution in [0.3, 0.4) is 0 Å². The average Bonchev–Trinajstić information content (AvgIpc) is 3.08. The highest BCUT2D eigenvalue weighted by Crippen LogP contribution is 2.66. The molecular formula is C25H34O6. The summed E-state index contributed by atoms with van der Waals surface area (Å²) in [6.45, 7) is 4.37. The molecule has 3 saturated carbocycles. The van der Waals surface area contributed by atoms with Crippen LogP contribution in [0.25, 0.3) is 0 Å². The predicted octanol–water partition coefficient (Wildman–Crippen LogP) is 4.11. The van der Waals surface area contributed by atoms with Crippen LogP contribution >= 0.6 is 0 Å². The number of ether oxygens (including phenoxy) is 1. The first-order valence-corrected chi connectivity index (χ1v) is 11.8. The highest BCUT2D eigenvalue weighted by Gasteiger charge is 2.60. The summed E-state index contributed by atoms with van der Waals surface area (Å²) in [7, 11) is 0. The number of carboxylic acid groups (broad SMARTS) is 1. The number of fused-ring (bicyclic) bond motifs is 5. The monoisotopic (exact) mass is 430 g/mol. The topological polar surface area (TPSA) is 97.7 Å². The SMILES string of the molecule is C[C@]12CC[C@@H]3[C@H](CCC4=CC(=O)CC[C@]43C)[C@@H]1CC[C@@H]2C(=O)COC(=O)CCC(=O)O. The molecule has 0 aromatic heterocycles. The van der Waals surface area contributed by atoms with Gasteiger partial charge in [0.15, 0.2) is 11.6 Å². The quantitative estimate of drug-likeness (QED) is 0.637. The molecule has 4 aliphatic rings. The number of carbonyl (C=O) groups is 4. The maximum absolute atomic E-state index is 13.0. The van der Waals surface area contributed by atoms with Crippen LogP contribution in [0.4, 0.5) is 0 Å². The lowest BCUT2D eigenvalue weighted by atomic mass is 9.46. The van der Waals surface area contributed by atoms with E-state index < -0.39 is 11.9 Å². The van der Waals surface area contributed by atoms with E-state index in [0.29, 0.717) is 24.2 Å². The zero-order valence-corrected chi connectivity index (χ0v) is 18.7. The Morgan fingerprint density at radius 2 is 1.81 bits per heavy atom. The van der Waals surface area contributed by atoms with Gasteiger partial charge in [-0.1, -0.05) is 19.4 Å². The highest BCUT2D eigenvalue weighted by atomic mass is 16.5. The van der Waals surface area contributed by atoms with Gasteiger partial charge in [0, 0.05) is 12.3 Å². The van der Waals surface area contributed by atoms with Crippen molar-refractivity contribution in [3.8, 4) is 0 Å². The molecule has 0 bridgehead atoms. The first-order chi connectivity index (χ1) is 14.6. The van der Waals surface area contributed by atoms with E-state index in [9.17, 15) is 19.2 Å². The van der Waals surface area contributed by atoms with Crippen LogP contribution in [-0.4, -0.2) is 35.2 Å². The molecule has 6 heteroatoms. The third-order valence-corrected chi connectivity index (χ3v) is 9.27. The lowest BCUT2D eigenvalue weighted by molar-refractivity contribution is -0.152. The number of Topliss-reactive ketones (excluding diaryl/α,β-unsaturated/α-hetero) is 1. The van der Waals surface area contributed by atoms with Crippen molar-refractivity contribution >= 4 is 23.5 Å². The molecule has 3 fully saturated rings. The van der Waals surface area contributed by atoms with Gasteiger partial charge in [-0.3, -0.25) is 19.2 Å². The van der Waals surface area contributed by atoms with Gasteiger partial charge in [-0.25, -0.2) is 0 Å². The Labute approximate surface area is 183 Å². The number of esters is 1. The molecule has 0 unspecified atom stereocenters. The van der Waals surface area contributed by atoms with Crippen molar-refractivity contribution < 1.29 is 29.0 Å². The molecule has 0 saturated heterocycles. The van der Waals surface area contributed by atoms with Crippen molar-refractivity contribution in [2.24, 2.45) is 34.5 Å². The summed E-state index contributed by atoms with van der Waals surface area (Å²) in [6.07, 6.45) is 9.11. The summed E-state index contributed by atoms with van der Waals surface area (Å²) in [5.41, 5.74) is 1.42. The standard InChI is InChI=1S/C25H34O6/c1-24-11-9-16(26)13-15(24)3-4-17-18-5-6-20(25(18,2)12-10-19(17)24)21(27)14-31-23(30)8-7-22(28)29/h13,17-20H,3-12,14H2,1-2H3,(H,28,29)/t17-,18+,19-,20-,24-,25+/m1/s1. The van der Waals surface area contributed by atoms with Crippen molar-refractivity contribution in [3.05, 3.63) is 11.6 Å².